The fourth-order valence-electron chi connectivity index (χ4n) is 5.63. The lowest BCUT2D eigenvalue weighted by Crippen LogP contribution is -2.09. The van der Waals surface area contributed by atoms with Crippen LogP contribution in [0.15, 0.2) is 204 Å². The van der Waals surface area contributed by atoms with Crippen molar-refractivity contribution in [1.29, 1.82) is 0 Å². The molecule has 2 atom stereocenters. The van der Waals surface area contributed by atoms with E-state index in [2.05, 4.69) is 0 Å². The maximum atomic E-state index is 10.1. The Morgan fingerprint density at radius 1 is 0.444 bits per heavy atom. The number of allylic oxidation sites excluding steroid dienone is 4. The second-order valence-electron chi connectivity index (χ2n) is 11.1. The van der Waals surface area contributed by atoms with Gasteiger partial charge in [-0.05, 0) is 123 Å². The molecule has 0 amide bonds. The number of rotatable bonds is 7. The van der Waals surface area contributed by atoms with E-state index in [1.54, 1.807) is 0 Å². The van der Waals surface area contributed by atoms with Gasteiger partial charge < -0.3 is 9.32 Å². The highest BCUT2D eigenvalue weighted by molar-refractivity contribution is 6.19. The van der Waals surface area contributed by atoms with Gasteiger partial charge in [-0.15, -0.1) is 0 Å². The van der Waals surface area contributed by atoms with Gasteiger partial charge in [0.05, 0.1) is 45.2 Å². The molecular formula is C52H37NO. The van der Waals surface area contributed by atoms with Crippen molar-refractivity contribution in [3.8, 4) is 33.4 Å². The number of para-hydroxylation sites is 1. The summed E-state index contributed by atoms with van der Waals surface area (Å²) >= 11 is 0. The largest absolute Gasteiger partial charge is 0.455 e. The fourth-order valence-corrected chi connectivity index (χ4v) is 5.63. The standard InChI is InChI=1S/C52H37NO/c1-5-15-36(16-6-1)39-25-27-44(28-26-39)53(43-21-11-4-12-22-43)45-29-30-47-50-35-49(46-23-13-14-24-48(46)52(50)54-51(47)34-45)42-32-40(37-17-7-2-8-18-37)31-41(33-42)38-19-9-3-10-20-38/h1-2,4-9,11-35H,3,10H2/i1D,2D,3D,4D,5D,6D,7D,8D,9D,10D,11D,12D,13D,14D,15D,16D,17D,18D,19D,20D,21D,22D,23D,24D,25D,26D,27D,28D,29D,30D,31D,32D,33D,34D,35D. The number of fused-ring (bicyclic) bond motifs is 5. The molecule has 8 aromatic carbocycles. The Kier molecular flexibility index (Phi) is 3.03. The summed E-state index contributed by atoms with van der Waals surface area (Å²) in [5, 5.41) is -3.17. The molecule has 1 heterocycles. The molecule has 1 aliphatic carbocycles. The molecule has 0 aliphatic heterocycles. The smallest absolute Gasteiger partial charge is 0.143 e. The zero-order valence-electron chi connectivity index (χ0n) is 62.0. The van der Waals surface area contributed by atoms with Gasteiger partial charge in [0.25, 0.3) is 0 Å². The maximum Gasteiger partial charge on any atom is 0.143 e. The Morgan fingerprint density at radius 2 is 1.04 bits per heavy atom. The van der Waals surface area contributed by atoms with E-state index in [9.17, 15) is 17.8 Å². The molecule has 0 radical (unpaired) electrons. The molecule has 54 heavy (non-hydrogen) atoms. The first-order chi connectivity index (χ1) is 41.4. The van der Waals surface area contributed by atoms with Crippen LogP contribution in [0, 0.1) is 0 Å². The molecule has 9 aromatic rings. The van der Waals surface area contributed by atoms with Gasteiger partial charge in [0.2, 0.25) is 0 Å². The highest BCUT2D eigenvalue weighted by Gasteiger charge is 2.19. The molecule has 1 aromatic heterocycles. The fraction of sp³-hybridized carbons (Fsp3) is 0.0385. The molecule has 2 unspecified atom stereocenters. The third-order valence-electron chi connectivity index (χ3n) is 7.97. The Bertz CT molecular complexity index is 4750. The van der Waals surface area contributed by atoms with Gasteiger partial charge in [0, 0.05) is 42.0 Å². The summed E-state index contributed by atoms with van der Waals surface area (Å²) in [6.45, 7) is 0. The topological polar surface area (TPSA) is 16.4 Å². The van der Waals surface area contributed by atoms with E-state index in [0.717, 1.165) is 0 Å². The number of benzene rings is 8. The second-order valence-corrected chi connectivity index (χ2v) is 11.1. The molecule has 0 bridgehead atoms. The minimum Gasteiger partial charge on any atom is -0.455 e. The van der Waals surface area contributed by atoms with Crippen LogP contribution in [0.2, 0.25) is 0 Å². The van der Waals surface area contributed by atoms with Crippen LogP contribution in [0.5, 0.6) is 0 Å². The summed E-state index contributed by atoms with van der Waals surface area (Å²) in [7, 11) is 0. The Balaban J connectivity index is 1.43. The summed E-state index contributed by atoms with van der Waals surface area (Å²) in [5.74, 6) is 0. The molecule has 1 aliphatic rings. The number of hydrogen-bond acceptors (Lipinski definition) is 2. The molecule has 2 nitrogen and oxygen atoms in total. The molecule has 2 heteroatoms. The van der Waals surface area contributed by atoms with Gasteiger partial charge in [-0.2, -0.15) is 0 Å². The van der Waals surface area contributed by atoms with Crippen molar-refractivity contribution in [3.63, 3.8) is 0 Å². The van der Waals surface area contributed by atoms with Crippen LogP contribution in [0.25, 0.3) is 71.7 Å². The number of anilines is 3. The zero-order chi connectivity index (χ0) is 66.3. The van der Waals surface area contributed by atoms with Crippen molar-refractivity contribution < 1.29 is 52.4 Å². The normalized spacial score (nSPS) is 25.1. The molecule has 0 fully saturated rings. The average molecular weight is 727 g/mol. The predicted molar refractivity (Wildman–Crippen MR) is 229 cm³/mol. The van der Waals surface area contributed by atoms with E-state index in [-0.39, 0.29) is 0 Å². The maximum absolute atomic E-state index is 10.1. The SMILES string of the molecule is [2H]C1=C([2H])C([2H])C([2H])C([2H])=C1c1c([2H])c(-c2c([2H])c([2H])c([2H])c([2H])c2[2H])c([2H])c(-c2c([2H])c3c(oc4c([2H])c(N(c5c([2H])c([2H])c([2H])c([2H])c5[2H])c5c([2H])c([2H])c(-c6c([2H])c([2H])c([2H])c([2H])c6[2H])c([2H])c5[2H])c([2H])c([2H])c43)c3c([2H])c([2H])c([2H])c([2H])c23)c1[2H]. The van der Waals surface area contributed by atoms with Gasteiger partial charge in [-0.3, -0.25) is 0 Å². The summed E-state index contributed by atoms with van der Waals surface area (Å²) in [6, 6.07) is -35.5. The molecule has 0 spiro atoms. The zero-order valence-corrected chi connectivity index (χ0v) is 27.0. The molecular weight excluding hydrogens is 655 g/mol. The molecule has 256 valence electrons. The Morgan fingerprint density at radius 3 is 1.80 bits per heavy atom. The van der Waals surface area contributed by atoms with E-state index in [1.165, 1.54) is 0 Å². The minimum absolute atomic E-state index is 0.338. The van der Waals surface area contributed by atoms with Crippen LogP contribution in [0.3, 0.4) is 0 Å². The van der Waals surface area contributed by atoms with Crippen LogP contribution < -0.4 is 4.90 Å². The highest BCUT2D eigenvalue weighted by Crippen LogP contribution is 2.44. The third-order valence-corrected chi connectivity index (χ3v) is 7.97. The number of furan rings is 1. The first-order valence-corrected chi connectivity index (χ1v) is 15.7. The summed E-state index contributed by atoms with van der Waals surface area (Å²) in [5.41, 5.74) is -12.5. The van der Waals surface area contributed by atoms with Crippen molar-refractivity contribution in [2.75, 3.05) is 4.90 Å². The lowest BCUT2D eigenvalue weighted by atomic mass is 9.89. The lowest BCUT2D eigenvalue weighted by molar-refractivity contribution is 0.673. The Labute approximate surface area is 364 Å². The van der Waals surface area contributed by atoms with Crippen LogP contribution in [0.1, 0.15) is 66.3 Å². The van der Waals surface area contributed by atoms with Gasteiger partial charge in [-0.1, -0.05) is 133 Å². The van der Waals surface area contributed by atoms with Gasteiger partial charge >= 0.3 is 0 Å². The van der Waals surface area contributed by atoms with Gasteiger partial charge in [0.1, 0.15) is 11.2 Å². The number of nitrogens with zero attached hydrogens (tertiary/aromatic N) is 1. The monoisotopic (exact) mass is 727 g/mol. The number of hydrogen-bond donors (Lipinski definition) is 0. The minimum atomic E-state index is -1.99. The van der Waals surface area contributed by atoms with E-state index in [4.69, 9.17) is 34.6 Å². The van der Waals surface area contributed by atoms with Gasteiger partial charge in [-0.25, -0.2) is 0 Å². The lowest BCUT2D eigenvalue weighted by Gasteiger charge is -2.25. The quantitative estimate of drug-likeness (QED) is 0.163. The van der Waals surface area contributed by atoms with E-state index >= 15 is 0 Å². The highest BCUT2D eigenvalue weighted by atomic mass is 16.3. The van der Waals surface area contributed by atoms with E-state index in [1.807, 2.05) is 0 Å². The summed E-state index contributed by atoms with van der Waals surface area (Å²) in [6.07, 6.45) is -3.86. The predicted octanol–water partition coefficient (Wildman–Crippen LogP) is 14.9. The third kappa shape index (κ3) is 5.79. The van der Waals surface area contributed by atoms with E-state index < -0.39 is 307 Å². The van der Waals surface area contributed by atoms with Crippen molar-refractivity contribution >= 4 is 55.3 Å². The summed E-state index contributed by atoms with van der Waals surface area (Å²) < 4.78 is 321. The molecule has 0 N–H and O–H groups in total. The van der Waals surface area contributed by atoms with Crippen LogP contribution in [0.4, 0.5) is 17.1 Å². The van der Waals surface area contributed by atoms with Crippen LogP contribution in [-0.2, 0) is 0 Å². The van der Waals surface area contributed by atoms with E-state index in [0.29, 0.717) is 4.90 Å². The van der Waals surface area contributed by atoms with Crippen molar-refractivity contribution in [1.82, 2.24) is 0 Å². The first kappa shape index (κ1) is 12.1. The second kappa shape index (κ2) is 13.6. The van der Waals surface area contributed by atoms with Crippen LogP contribution in [-0.4, -0.2) is 0 Å². The molecule has 0 saturated heterocycles. The Hall–Kier alpha value is -6.90. The van der Waals surface area contributed by atoms with Gasteiger partial charge in [0.15, 0.2) is 0 Å². The molecule has 10 rings (SSSR count). The first-order valence-electron chi connectivity index (χ1n) is 33.4. The molecule has 0 saturated carbocycles. The average Bonchev–Trinajstić information content (AvgIpc) is 1.67. The van der Waals surface area contributed by atoms with Crippen molar-refractivity contribution in [2.24, 2.45) is 0 Å². The van der Waals surface area contributed by atoms with Crippen LogP contribution >= 0.6 is 0 Å². The van der Waals surface area contributed by atoms with Crippen molar-refractivity contribution in [3.05, 3.63) is 205 Å². The summed E-state index contributed by atoms with van der Waals surface area (Å²) in [4.78, 5) is 0.338. The van der Waals surface area contributed by atoms with Crippen molar-refractivity contribution in [2.45, 2.75) is 12.8 Å².